The van der Waals surface area contributed by atoms with Gasteiger partial charge in [0.25, 0.3) is 0 Å². The Hall–Kier alpha value is -1.30. The number of nitrogens with zero attached hydrogens (tertiary/aromatic N) is 2. The van der Waals surface area contributed by atoms with Gasteiger partial charge in [-0.2, -0.15) is 0 Å². The molecule has 2 heterocycles. The fraction of sp³-hybridized carbons (Fsp3) is 0.900. The average molecular weight is 368 g/mol. The van der Waals surface area contributed by atoms with Crippen molar-refractivity contribution in [2.45, 2.75) is 96.9 Å². The highest BCUT2D eigenvalue weighted by Gasteiger charge is 2.32. The smallest absolute Gasteiger partial charge is 0.407 e. The van der Waals surface area contributed by atoms with Gasteiger partial charge in [0, 0.05) is 24.7 Å². The highest BCUT2D eigenvalue weighted by molar-refractivity contribution is 5.79. The third-order valence-electron chi connectivity index (χ3n) is 5.45. The van der Waals surface area contributed by atoms with Crippen LogP contribution < -0.4 is 5.32 Å². The number of rotatable bonds is 4. The van der Waals surface area contributed by atoms with E-state index in [9.17, 15) is 9.59 Å². The van der Waals surface area contributed by atoms with Crippen LogP contribution in [-0.2, 0) is 9.53 Å². The minimum atomic E-state index is -0.493. The van der Waals surface area contributed by atoms with E-state index in [0.717, 1.165) is 38.6 Å². The van der Waals surface area contributed by atoms with Gasteiger partial charge in [-0.3, -0.25) is 9.69 Å². The van der Waals surface area contributed by atoms with E-state index in [4.69, 9.17) is 4.74 Å². The zero-order valence-electron chi connectivity index (χ0n) is 17.2. The van der Waals surface area contributed by atoms with Crippen LogP contribution in [0.4, 0.5) is 4.79 Å². The fourth-order valence-corrected chi connectivity index (χ4v) is 4.18. The molecule has 2 rings (SSSR count). The molecule has 150 valence electrons. The summed E-state index contributed by atoms with van der Waals surface area (Å²) >= 11 is 0. The van der Waals surface area contributed by atoms with Crippen molar-refractivity contribution in [3.8, 4) is 0 Å². The zero-order chi connectivity index (χ0) is 19.3. The van der Waals surface area contributed by atoms with Crippen LogP contribution in [0.3, 0.4) is 0 Å². The lowest BCUT2D eigenvalue weighted by Gasteiger charge is -2.42. The van der Waals surface area contributed by atoms with Crippen molar-refractivity contribution < 1.29 is 14.3 Å². The maximum atomic E-state index is 12.9. The highest BCUT2D eigenvalue weighted by atomic mass is 16.6. The molecule has 0 aromatic heterocycles. The minimum Gasteiger partial charge on any atom is -0.444 e. The van der Waals surface area contributed by atoms with Crippen LogP contribution in [0.5, 0.6) is 0 Å². The molecule has 0 radical (unpaired) electrons. The van der Waals surface area contributed by atoms with Crippen molar-refractivity contribution in [2.75, 3.05) is 19.6 Å². The molecule has 26 heavy (non-hydrogen) atoms. The second-order valence-electron chi connectivity index (χ2n) is 8.93. The molecule has 2 fully saturated rings. The first-order valence-electron chi connectivity index (χ1n) is 10.2. The number of carbonyl (C=O) groups excluding carboxylic acids is 2. The standard InChI is InChI=1S/C20H37N3O3/c1-15-9-8-10-16(2)23(15)18(24)14-22-12-7-6-11-17(22)13-21-19(25)26-20(3,4)5/h15-17H,6-14H2,1-5H3,(H,21,25). The maximum absolute atomic E-state index is 12.9. The molecule has 0 bridgehead atoms. The summed E-state index contributed by atoms with van der Waals surface area (Å²) < 4.78 is 5.32. The van der Waals surface area contributed by atoms with Crippen molar-refractivity contribution in [1.82, 2.24) is 15.1 Å². The van der Waals surface area contributed by atoms with Crippen molar-refractivity contribution in [3.05, 3.63) is 0 Å². The van der Waals surface area contributed by atoms with E-state index in [1.54, 1.807) is 0 Å². The lowest BCUT2D eigenvalue weighted by atomic mass is 9.97. The molecule has 6 heteroatoms. The SMILES string of the molecule is CC1CCCC(C)N1C(=O)CN1CCCCC1CNC(=O)OC(C)(C)C. The Labute approximate surface area is 158 Å². The fourth-order valence-electron chi connectivity index (χ4n) is 4.18. The van der Waals surface area contributed by atoms with Crippen LogP contribution in [0.25, 0.3) is 0 Å². The molecule has 0 saturated carbocycles. The quantitative estimate of drug-likeness (QED) is 0.829. The first kappa shape index (κ1) is 21.0. The average Bonchev–Trinajstić information content (AvgIpc) is 2.52. The lowest BCUT2D eigenvalue weighted by Crippen LogP contribution is -2.54. The molecule has 6 nitrogen and oxygen atoms in total. The van der Waals surface area contributed by atoms with Gasteiger partial charge in [0.15, 0.2) is 0 Å². The van der Waals surface area contributed by atoms with E-state index in [2.05, 4.69) is 29.0 Å². The van der Waals surface area contributed by atoms with E-state index in [-0.39, 0.29) is 18.0 Å². The van der Waals surface area contributed by atoms with E-state index in [1.165, 1.54) is 6.42 Å². The number of amides is 2. The molecule has 3 unspecified atom stereocenters. The largest absolute Gasteiger partial charge is 0.444 e. The van der Waals surface area contributed by atoms with Crippen LogP contribution >= 0.6 is 0 Å². The van der Waals surface area contributed by atoms with Crippen molar-refractivity contribution in [3.63, 3.8) is 0 Å². The number of nitrogens with one attached hydrogen (secondary N) is 1. The van der Waals surface area contributed by atoms with E-state index in [0.29, 0.717) is 25.2 Å². The molecule has 3 atom stereocenters. The monoisotopic (exact) mass is 367 g/mol. The molecule has 0 aromatic carbocycles. The Morgan fingerprint density at radius 1 is 1.04 bits per heavy atom. The third-order valence-corrected chi connectivity index (χ3v) is 5.45. The van der Waals surface area contributed by atoms with Gasteiger partial charge < -0.3 is 15.0 Å². The summed E-state index contributed by atoms with van der Waals surface area (Å²) in [5.74, 6) is 0.230. The van der Waals surface area contributed by atoms with Crippen molar-refractivity contribution in [1.29, 1.82) is 0 Å². The molecular formula is C20H37N3O3. The highest BCUT2D eigenvalue weighted by Crippen LogP contribution is 2.24. The molecular weight excluding hydrogens is 330 g/mol. The zero-order valence-corrected chi connectivity index (χ0v) is 17.2. The summed E-state index contributed by atoms with van der Waals surface area (Å²) in [5.41, 5.74) is -0.493. The van der Waals surface area contributed by atoms with Crippen LogP contribution in [0.15, 0.2) is 0 Å². The second-order valence-corrected chi connectivity index (χ2v) is 8.93. The Morgan fingerprint density at radius 3 is 2.31 bits per heavy atom. The molecule has 2 aliphatic rings. The Bertz CT molecular complexity index is 479. The second kappa shape index (κ2) is 9.07. The van der Waals surface area contributed by atoms with Crippen LogP contribution in [0.2, 0.25) is 0 Å². The first-order valence-corrected chi connectivity index (χ1v) is 10.2. The van der Waals surface area contributed by atoms with Gasteiger partial charge >= 0.3 is 6.09 Å². The molecule has 2 aliphatic heterocycles. The summed E-state index contributed by atoms with van der Waals surface area (Å²) in [6.45, 7) is 11.8. The van der Waals surface area contributed by atoms with Gasteiger partial charge in [-0.15, -0.1) is 0 Å². The first-order chi connectivity index (χ1) is 12.2. The summed E-state index contributed by atoms with van der Waals surface area (Å²) in [5, 5.41) is 2.88. The molecule has 1 N–H and O–H groups in total. The summed E-state index contributed by atoms with van der Waals surface area (Å²) in [6, 6.07) is 0.861. The van der Waals surface area contributed by atoms with Gasteiger partial charge in [0.2, 0.25) is 5.91 Å². The summed E-state index contributed by atoms with van der Waals surface area (Å²) in [4.78, 5) is 29.2. The lowest BCUT2D eigenvalue weighted by molar-refractivity contribution is -0.139. The maximum Gasteiger partial charge on any atom is 0.407 e. The number of hydrogen-bond acceptors (Lipinski definition) is 4. The normalized spacial score (nSPS) is 27.9. The molecule has 0 spiro atoms. The number of likely N-dealkylation sites (tertiary alicyclic amines) is 2. The number of piperidine rings is 2. The Morgan fingerprint density at radius 2 is 1.69 bits per heavy atom. The summed E-state index contributed by atoms with van der Waals surface area (Å²) in [6.07, 6.45) is 6.28. The van der Waals surface area contributed by atoms with Crippen LogP contribution in [0, 0.1) is 0 Å². The van der Waals surface area contributed by atoms with Crippen LogP contribution in [-0.4, -0.2) is 65.2 Å². The third kappa shape index (κ3) is 6.15. The van der Waals surface area contributed by atoms with Crippen molar-refractivity contribution in [2.24, 2.45) is 0 Å². The number of ether oxygens (including phenoxy) is 1. The minimum absolute atomic E-state index is 0.204. The Balaban J connectivity index is 1.89. The molecule has 2 amide bonds. The van der Waals surface area contributed by atoms with Gasteiger partial charge in [-0.05, 0) is 73.3 Å². The predicted molar refractivity (Wildman–Crippen MR) is 103 cm³/mol. The summed E-state index contributed by atoms with van der Waals surface area (Å²) in [7, 11) is 0. The number of carbonyl (C=O) groups is 2. The van der Waals surface area contributed by atoms with E-state index in [1.807, 2.05) is 20.8 Å². The Kier molecular flexibility index (Phi) is 7.33. The molecule has 0 aromatic rings. The van der Waals surface area contributed by atoms with Gasteiger partial charge in [0.05, 0.1) is 6.54 Å². The van der Waals surface area contributed by atoms with Gasteiger partial charge in [-0.25, -0.2) is 4.79 Å². The molecule has 2 saturated heterocycles. The predicted octanol–water partition coefficient (Wildman–Crippen LogP) is 3.16. The van der Waals surface area contributed by atoms with Crippen LogP contribution in [0.1, 0.15) is 73.1 Å². The van der Waals surface area contributed by atoms with E-state index < -0.39 is 5.60 Å². The van der Waals surface area contributed by atoms with Gasteiger partial charge in [0.1, 0.15) is 5.60 Å². The topological polar surface area (TPSA) is 61.9 Å². The van der Waals surface area contributed by atoms with Gasteiger partial charge in [-0.1, -0.05) is 6.42 Å². The number of hydrogen-bond donors (Lipinski definition) is 1. The van der Waals surface area contributed by atoms with Crippen molar-refractivity contribution >= 4 is 12.0 Å². The molecule has 0 aliphatic carbocycles. The number of alkyl carbamates (subject to hydrolysis) is 1. The van der Waals surface area contributed by atoms with E-state index >= 15 is 0 Å².